The van der Waals surface area contributed by atoms with E-state index in [4.69, 9.17) is 0 Å². The van der Waals surface area contributed by atoms with E-state index in [1.807, 2.05) is 12.5 Å². The first-order valence-electron chi connectivity index (χ1n) is 11.5. The summed E-state index contributed by atoms with van der Waals surface area (Å²) in [6, 6.07) is 9.62. The number of hydrogen-bond donors (Lipinski definition) is 1. The van der Waals surface area contributed by atoms with Crippen LogP contribution in [0.1, 0.15) is 75.8 Å². The van der Waals surface area contributed by atoms with Gasteiger partial charge in [-0.15, -0.1) is 0 Å². The molecule has 29 heavy (non-hydrogen) atoms. The van der Waals surface area contributed by atoms with Gasteiger partial charge in [-0.2, -0.15) is 0 Å². The van der Waals surface area contributed by atoms with Crippen molar-refractivity contribution in [2.45, 2.75) is 82.3 Å². The molecule has 1 aliphatic heterocycles. The van der Waals surface area contributed by atoms with Gasteiger partial charge in [-0.3, -0.25) is 0 Å². The van der Waals surface area contributed by atoms with Crippen molar-refractivity contribution < 1.29 is 4.79 Å². The molecule has 2 amide bonds. The van der Waals surface area contributed by atoms with Crippen molar-refractivity contribution in [1.29, 1.82) is 0 Å². The topological polar surface area (TPSA) is 50.2 Å². The quantitative estimate of drug-likeness (QED) is 0.784. The van der Waals surface area contributed by atoms with Gasteiger partial charge in [0.05, 0.1) is 24.3 Å². The molecule has 1 atom stereocenters. The minimum Gasteiger partial charge on any atom is -0.336 e. The minimum absolute atomic E-state index is 0.132. The van der Waals surface area contributed by atoms with Crippen molar-refractivity contribution in [3.8, 4) is 11.3 Å². The van der Waals surface area contributed by atoms with Crippen LogP contribution in [0.5, 0.6) is 0 Å². The van der Waals surface area contributed by atoms with Gasteiger partial charge in [0.2, 0.25) is 0 Å². The zero-order valence-electron chi connectivity index (χ0n) is 17.2. The molecular weight excluding hydrogens is 360 g/mol. The Bertz CT molecular complexity index is 830. The number of nitrogens with zero attached hydrogens (tertiary/aromatic N) is 3. The number of rotatable bonds is 4. The molecule has 0 spiro atoms. The van der Waals surface area contributed by atoms with E-state index in [0.717, 1.165) is 5.69 Å². The molecule has 5 heteroatoms. The number of carbonyl (C=O) groups excluding carboxylic acids is 1. The van der Waals surface area contributed by atoms with Crippen LogP contribution in [0.3, 0.4) is 0 Å². The van der Waals surface area contributed by atoms with Crippen molar-refractivity contribution >= 4 is 6.03 Å². The lowest BCUT2D eigenvalue weighted by Gasteiger charge is -2.41. The summed E-state index contributed by atoms with van der Waals surface area (Å²) in [5, 5.41) is 3.33. The minimum atomic E-state index is 0.132. The second-order valence-electron chi connectivity index (χ2n) is 8.97. The first-order valence-corrected chi connectivity index (χ1v) is 11.5. The number of nitrogens with one attached hydrogen (secondary N) is 1. The third-order valence-electron chi connectivity index (χ3n) is 7.21. The summed E-state index contributed by atoms with van der Waals surface area (Å²) in [4.78, 5) is 20.1. The Morgan fingerprint density at radius 3 is 2.34 bits per heavy atom. The summed E-state index contributed by atoms with van der Waals surface area (Å²) in [6.45, 7) is 0.620. The van der Waals surface area contributed by atoms with E-state index >= 15 is 0 Å². The summed E-state index contributed by atoms with van der Waals surface area (Å²) in [6.07, 6.45) is 16.2. The van der Waals surface area contributed by atoms with Crippen LogP contribution in [-0.4, -0.2) is 39.1 Å². The van der Waals surface area contributed by atoms with Gasteiger partial charge in [0.25, 0.3) is 0 Å². The van der Waals surface area contributed by atoms with Crippen molar-refractivity contribution in [1.82, 2.24) is 19.8 Å². The highest BCUT2D eigenvalue weighted by atomic mass is 16.2. The lowest BCUT2D eigenvalue weighted by molar-refractivity contribution is 0.104. The van der Waals surface area contributed by atoms with Crippen molar-refractivity contribution in [2.75, 3.05) is 6.54 Å². The van der Waals surface area contributed by atoms with Crippen LogP contribution >= 0.6 is 0 Å². The normalized spacial score (nSPS) is 22.1. The molecule has 0 saturated heterocycles. The van der Waals surface area contributed by atoms with Gasteiger partial charge in [-0.05, 0) is 31.2 Å². The van der Waals surface area contributed by atoms with Crippen LogP contribution in [0.4, 0.5) is 4.79 Å². The van der Waals surface area contributed by atoms with Gasteiger partial charge in [0, 0.05) is 24.2 Å². The van der Waals surface area contributed by atoms with Crippen LogP contribution < -0.4 is 5.32 Å². The van der Waals surface area contributed by atoms with E-state index in [2.05, 4.69) is 44.0 Å². The fourth-order valence-corrected chi connectivity index (χ4v) is 5.76. The molecule has 0 unspecified atom stereocenters. The first-order chi connectivity index (χ1) is 14.3. The van der Waals surface area contributed by atoms with Crippen LogP contribution in [0.2, 0.25) is 0 Å². The number of imidazole rings is 1. The molecule has 2 aromatic rings. The fraction of sp³-hybridized carbons (Fsp3) is 0.583. The van der Waals surface area contributed by atoms with Crippen molar-refractivity contribution in [2.24, 2.45) is 0 Å². The summed E-state index contributed by atoms with van der Waals surface area (Å²) in [5.41, 5.74) is 3.67. The smallest absolute Gasteiger partial charge is 0.317 e. The Balaban J connectivity index is 1.33. The molecule has 5 nitrogen and oxygen atoms in total. The number of amides is 2. The van der Waals surface area contributed by atoms with Gasteiger partial charge in [0.1, 0.15) is 0 Å². The fourth-order valence-electron chi connectivity index (χ4n) is 5.76. The zero-order chi connectivity index (χ0) is 19.6. The average molecular weight is 393 g/mol. The molecule has 1 N–H and O–H groups in total. The van der Waals surface area contributed by atoms with E-state index in [1.165, 1.54) is 75.3 Å². The zero-order valence-corrected chi connectivity index (χ0v) is 17.2. The maximum absolute atomic E-state index is 13.5. The third-order valence-corrected chi connectivity index (χ3v) is 7.21. The lowest BCUT2D eigenvalue weighted by Crippen LogP contribution is -2.53. The average Bonchev–Trinajstić information content (AvgIpc) is 3.36. The summed E-state index contributed by atoms with van der Waals surface area (Å²) in [5.74, 6) is 0. The standard InChI is InChI=1S/C24H32N4O/c29-24(28(18-9-3-1-4-10-18)19-11-5-2-6-12-19)26-16-23-21-14-8-7-13-20(21)22-15-25-17-27(22)23/h7-8,13-15,17-19,23H,1-6,9-12,16H2,(H,26,29)/t23-/m0/s1. The van der Waals surface area contributed by atoms with Gasteiger partial charge in [-0.1, -0.05) is 62.8 Å². The predicted octanol–water partition coefficient (Wildman–Crippen LogP) is 5.13. The van der Waals surface area contributed by atoms with E-state index in [1.54, 1.807) is 0 Å². The molecule has 2 aliphatic carbocycles. The highest BCUT2D eigenvalue weighted by Gasteiger charge is 2.34. The SMILES string of the molecule is O=C(NC[C@H]1c2ccccc2-c2cncn21)N(C1CCCCC1)C1CCCCC1. The summed E-state index contributed by atoms with van der Waals surface area (Å²) < 4.78 is 2.20. The highest BCUT2D eigenvalue weighted by molar-refractivity contribution is 5.75. The van der Waals surface area contributed by atoms with Gasteiger partial charge in [0.15, 0.2) is 0 Å². The molecule has 0 radical (unpaired) electrons. The number of hydrogen-bond acceptors (Lipinski definition) is 2. The summed E-state index contributed by atoms with van der Waals surface area (Å²) in [7, 11) is 0. The van der Waals surface area contributed by atoms with Crippen LogP contribution in [0.15, 0.2) is 36.8 Å². The first kappa shape index (κ1) is 18.7. The second-order valence-corrected chi connectivity index (χ2v) is 8.97. The predicted molar refractivity (Wildman–Crippen MR) is 115 cm³/mol. The maximum Gasteiger partial charge on any atom is 0.317 e. The van der Waals surface area contributed by atoms with E-state index in [9.17, 15) is 4.79 Å². The Morgan fingerprint density at radius 1 is 1.00 bits per heavy atom. The number of carbonyl (C=O) groups is 1. The molecule has 1 aromatic carbocycles. The van der Waals surface area contributed by atoms with Gasteiger partial charge >= 0.3 is 6.03 Å². The molecular formula is C24H32N4O. The molecule has 1 aromatic heterocycles. The van der Waals surface area contributed by atoms with E-state index in [0.29, 0.717) is 18.6 Å². The molecule has 5 rings (SSSR count). The summed E-state index contributed by atoms with van der Waals surface area (Å²) >= 11 is 0. The highest BCUT2D eigenvalue weighted by Crippen LogP contribution is 2.38. The van der Waals surface area contributed by atoms with Crippen LogP contribution in [0, 0.1) is 0 Å². The van der Waals surface area contributed by atoms with E-state index < -0.39 is 0 Å². The van der Waals surface area contributed by atoms with Crippen LogP contribution in [0.25, 0.3) is 11.3 Å². The maximum atomic E-state index is 13.5. The Hall–Kier alpha value is -2.30. The number of benzene rings is 1. The van der Waals surface area contributed by atoms with Gasteiger partial charge in [-0.25, -0.2) is 9.78 Å². The molecule has 0 bridgehead atoms. The second kappa shape index (κ2) is 8.21. The number of fused-ring (bicyclic) bond motifs is 3. The van der Waals surface area contributed by atoms with Crippen LogP contribution in [-0.2, 0) is 0 Å². The lowest BCUT2D eigenvalue weighted by atomic mass is 9.89. The molecule has 2 fully saturated rings. The number of urea groups is 1. The Morgan fingerprint density at radius 2 is 1.66 bits per heavy atom. The van der Waals surface area contributed by atoms with E-state index in [-0.39, 0.29) is 12.1 Å². The monoisotopic (exact) mass is 392 g/mol. The Labute approximate surface area is 173 Å². The molecule has 3 aliphatic rings. The molecule has 2 heterocycles. The molecule has 2 saturated carbocycles. The number of aromatic nitrogens is 2. The van der Waals surface area contributed by atoms with Crippen molar-refractivity contribution in [3.63, 3.8) is 0 Å². The molecule has 154 valence electrons. The third kappa shape index (κ3) is 3.56. The Kier molecular flexibility index (Phi) is 5.30. The van der Waals surface area contributed by atoms with Crippen molar-refractivity contribution in [3.05, 3.63) is 42.4 Å². The largest absolute Gasteiger partial charge is 0.336 e. The van der Waals surface area contributed by atoms with Gasteiger partial charge < -0.3 is 14.8 Å².